The van der Waals surface area contributed by atoms with Crippen LogP contribution in [-0.2, 0) is 4.79 Å². The van der Waals surface area contributed by atoms with E-state index in [2.05, 4.69) is 13.8 Å². The molecule has 2 heterocycles. The highest BCUT2D eigenvalue weighted by atomic mass is 16.4. The number of carboxylic acid groups (broad SMARTS) is 1. The maximum absolute atomic E-state index is 12.4. The van der Waals surface area contributed by atoms with Gasteiger partial charge in [-0.05, 0) is 24.7 Å². The molecule has 2 N–H and O–H groups in total. The highest BCUT2D eigenvalue weighted by Gasteiger charge is 2.41. The molecule has 0 spiro atoms. The zero-order valence-electron chi connectivity index (χ0n) is 12.2. The first-order valence-electron chi connectivity index (χ1n) is 7.36. The maximum Gasteiger partial charge on any atom is 0.326 e. The molecular formula is C14H24N2O4. The third-order valence-electron chi connectivity index (χ3n) is 4.56. The first-order chi connectivity index (χ1) is 9.40. The molecule has 114 valence electrons. The van der Waals surface area contributed by atoms with Crippen LogP contribution in [0.15, 0.2) is 0 Å². The smallest absolute Gasteiger partial charge is 0.326 e. The Kier molecular flexibility index (Phi) is 4.52. The molecule has 2 atom stereocenters. The van der Waals surface area contributed by atoms with Crippen LogP contribution in [0.2, 0.25) is 0 Å². The third-order valence-corrected chi connectivity index (χ3v) is 4.56. The number of β-amino-alcohol motifs (C(OH)–C–C–N with tert-alkyl or cyclic N) is 1. The number of urea groups is 1. The van der Waals surface area contributed by atoms with Gasteiger partial charge in [-0.25, -0.2) is 9.59 Å². The molecule has 2 fully saturated rings. The minimum Gasteiger partial charge on any atom is -0.480 e. The summed E-state index contributed by atoms with van der Waals surface area (Å²) in [5.74, 6) is 0.220. The van der Waals surface area contributed by atoms with Crippen LogP contribution in [-0.4, -0.2) is 63.8 Å². The Morgan fingerprint density at radius 3 is 2.30 bits per heavy atom. The van der Waals surface area contributed by atoms with Gasteiger partial charge in [0.15, 0.2) is 0 Å². The van der Waals surface area contributed by atoms with E-state index in [1.807, 2.05) is 0 Å². The van der Waals surface area contributed by atoms with Crippen LogP contribution in [0, 0.1) is 11.8 Å². The summed E-state index contributed by atoms with van der Waals surface area (Å²) < 4.78 is 0. The molecular weight excluding hydrogens is 260 g/mol. The maximum atomic E-state index is 12.4. The first kappa shape index (κ1) is 15.1. The van der Waals surface area contributed by atoms with Crippen LogP contribution in [0.3, 0.4) is 0 Å². The Hall–Kier alpha value is -1.30. The molecule has 2 rings (SSSR count). The van der Waals surface area contributed by atoms with Crippen molar-refractivity contribution in [3.63, 3.8) is 0 Å². The monoisotopic (exact) mass is 284 g/mol. The standard InChI is InChI=1S/C14H24N2O4/c1-9(2)10-3-5-15(6-4-10)14(20)16-8-11(17)7-12(16)13(18)19/h9-12,17H,3-8H2,1-2H3,(H,18,19). The molecule has 6 heteroatoms. The number of carboxylic acids is 1. The van der Waals surface area contributed by atoms with Crippen molar-refractivity contribution in [1.29, 1.82) is 0 Å². The lowest BCUT2D eigenvalue weighted by atomic mass is 9.87. The second-order valence-corrected chi connectivity index (χ2v) is 6.25. The Morgan fingerprint density at radius 1 is 1.20 bits per heavy atom. The lowest BCUT2D eigenvalue weighted by Crippen LogP contribution is -2.50. The van der Waals surface area contributed by atoms with Crippen LogP contribution in [0.4, 0.5) is 4.79 Å². The summed E-state index contributed by atoms with van der Waals surface area (Å²) in [6, 6.07) is -1.13. The molecule has 2 aliphatic heterocycles. The van der Waals surface area contributed by atoms with Gasteiger partial charge in [-0.15, -0.1) is 0 Å². The molecule has 2 aliphatic rings. The molecule has 20 heavy (non-hydrogen) atoms. The van der Waals surface area contributed by atoms with Gasteiger partial charge in [0, 0.05) is 26.1 Å². The fourth-order valence-electron chi connectivity index (χ4n) is 3.20. The van der Waals surface area contributed by atoms with Crippen LogP contribution in [0.5, 0.6) is 0 Å². The van der Waals surface area contributed by atoms with Crippen molar-refractivity contribution in [2.75, 3.05) is 19.6 Å². The number of nitrogens with zero attached hydrogens (tertiary/aromatic N) is 2. The Morgan fingerprint density at radius 2 is 1.80 bits per heavy atom. The van der Waals surface area contributed by atoms with E-state index in [9.17, 15) is 14.7 Å². The predicted octanol–water partition coefficient (Wildman–Crippen LogP) is 0.994. The zero-order valence-corrected chi connectivity index (χ0v) is 12.2. The molecule has 0 aromatic rings. The first-order valence-corrected chi connectivity index (χ1v) is 7.36. The van der Waals surface area contributed by atoms with E-state index >= 15 is 0 Å². The number of aliphatic carboxylic acids is 1. The van der Waals surface area contributed by atoms with Gasteiger partial charge < -0.3 is 20.0 Å². The van der Waals surface area contributed by atoms with Crippen molar-refractivity contribution in [2.45, 2.75) is 45.3 Å². The van der Waals surface area contributed by atoms with Gasteiger partial charge >= 0.3 is 12.0 Å². The third kappa shape index (κ3) is 3.06. The number of likely N-dealkylation sites (tertiary alicyclic amines) is 2. The van der Waals surface area contributed by atoms with Gasteiger partial charge in [0.1, 0.15) is 6.04 Å². The van der Waals surface area contributed by atoms with Crippen LogP contribution in [0.25, 0.3) is 0 Å². The van der Waals surface area contributed by atoms with E-state index in [1.54, 1.807) is 4.90 Å². The average molecular weight is 284 g/mol. The summed E-state index contributed by atoms with van der Waals surface area (Å²) in [5.41, 5.74) is 0. The van der Waals surface area contributed by atoms with Gasteiger partial charge in [-0.3, -0.25) is 0 Å². The summed E-state index contributed by atoms with van der Waals surface area (Å²) in [5, 5.41) is 18.7. The van der Waals surface area contributed by atoms with Crippen LogP contribution >= 0.6 is 0 Å². The molecule has 2 amide bonds. The molecule has 2 unspecified atom stereocenters. The molecule has 0 bridgehead atoms. The van der Waals surface area contributed by atoms with Crippen molar-refractivity contribution in [2.24, 2.45) is 11.8 Å². The summed E-state index contributed by atoms with van der Waals surface area (Å²) in [7, 11) is 0. The fourth-order valence-corrected chi connectivity index (χ4v) is 3.20. The molecule has 6 nitrogen and oxygen atoms in total. The number of aliphatic hydroxyl groups excluding tert-OH is 1. The van der Waals surface area contributed by atoms with Crippen LogP contribution in [0.1, 0.15) is 33.1 Å². The van der Waals surface area contributed by atoms with Gasteiger partial charge in [-0.2, -0.15) is 0 Å². The minimum absolute atomic E-state index is 0.125. The highest BCUT2D eigenvalue weighted by Crippen LogP contribution is 2.27. The number of carbonyl (C=O) groups is 2. The van der Waals surface area contributed by atoms with E-state index in [4.69, 9.17) is 5.11 Å². The largest absolute Gasteiger partial charge is 0.480 e. The van der Waals surface area contributed by atoms with Crippen molar-refractivity contribution >= 4 is 12.0 Å². The van der Waals surface area contributed by atoms with E-state index in [1.165, 1.54) is 4.90 Å². The Bertz CT molecular complexity index is 377. The van der Waals surface area contributed by atoms with Gasteiger partial charge in [0.2, 0.25) is 0 Å². The van der Waals surface area contributed by atoms with Gasteiger partial charge in [0.05, 0.1) is 6.10 Å². The predicted molar refractivity (Wildman–Crippen MR) is 73.3 cm³/mol. The van der Waals surface area contributed by atoms with Crippen LogP contribution < -0.4 is 0 Å². The summed E-state index contributed by atoms with van der Waals surface area (Å²) in [6.07, 6.45) is 1.34. The van der Waals surface area contributed by atoms with Gasteiger partial charge in [-0.1, -0.05) is 13.8 Å². The lowest BCUT2D eigenvalue weighted by Gasteiger charge is -2.36. The molecule has 0 aliphatic carbocycles. The molecule has 0 radical (unpaired) electrons. The Labute approximate surface area is 119 Å². The average Bonchev–Trinajstić information content (AvgIpc) is 2.80. The zero-order chi connectivity index (χ0) is 14.9. The molecule has 0 aromatic carbocycles. The normalized spacial score (nSPS) is 28.2. The number of amides is 2. The summed E-state index contributed by atoms with van der Waals surface area (Å²) in [4.78, 5) is 26.6. The van der Waals surface area contributed by atoms with Crippen molar-refractivity contribution in [1.82, 2.24) is 9.80 Å². The van der Waals surface area contributed by atoms with Crippen molar-refractivity contribution in [3.05, 3.63) is 0 Å². The SMILES string of the molecule is CC(C)C1CCN(C(=O)N2CC(O)CC2C(=O)O)CC1. The number of hydrogen-bond donors (Lipinski definition) is 2. The Balaban J connectivity index is 1.96. The lowest BCUT2D eigenvalue weighted by molar-refractivity contribution is -0.141. The number of rotatable bonds is 2. The second kappa shape index (κ2) is 5.99. The summed E-state index contributed by atoms with van der Waals surface area (Å²) >= 11 is 0. The fraction of sp³-hybridized carbons (Fsp3) is 0.857. The molecule has 0 saturated carbocycles. The number of piperidine rings is 1. The number of aliphatic hydroxyl groups is 1. The second-order valence-electron chi connectivity index (χ2n) is 6.25. The van der Waals surface area contributed by atoms with Crippen molar-refractivity contribution in [3.8, 4) is 0 Å². The topological polar surface area (TPSA) is 81.1 Å². The number of carbonyl (C=O) groups excluding carboxylic acids is 1. The minimum atomic E-state index is -1.04. The molecule has 0 aromatic heterocycles. The number of hydrogen-bond acceptors (Lipinski definition) is 3. The quantitative estimate of drug-likeness (QED) is 0.792. The van der Waals surface area contributed by atoms with E-state index < -0.39 is 18.1 Å². The van der Waals surface area contributed by atoms with E-state index in [-0.39, 0.29) is 19.0 Å². The van der Waals surface area contributed by atoms with E-state index in [0.29, 0.717) is 24.9 Å². The van der Waals surface area contributed by atoms with Crippen molar-refractivity contribution < 1.29 is 19.8 Å². The highest BCUT2D eigenvalue weighted by molar-refractivity contribution is 5.83. The van der Waals surface area contributed by atoms with E-state index in [0.717, 1.165) is 12.8 Å². The van der Waals surface area contributed by atoms with Gasteiger partial charge in [0.25, 0.3) is 0 Å². The molecule has 2 saturated heterocycles. The summed E-state index contributed by atoms with van der Waals surface area (Å²) in [6.45, 7) is 5.88.